The lowest BCUT2D eigenvalue weighted by Gasteiger charge is -2.13. The minimum atomic E-state index is 0.866. The van der Waals surface area contributed by atoms with E-state index in [9.17, 15) is 0 Å². The molecule has 0 saturated heterocycles. The zero-order chi connectivity index (χ0) is 32.9. The van der Waals surface area contributed by atoms with Crippen molar-refractivity contribution >= 4 is 47.8 Å². The summed E-state index contributed by atoms with van der Waals surface area (Å²) in [5.41, 5.74) is 18.4. The number of halogens is 3. The van der Waals surface area contributed by atoms with E-state index in [0.29, 0.717) is 0 Å². The van der Waals surface area contributed by atoms with Crippen molar-refractivity contribution in [3.05, 3.63) is 180 Å². The normalized spacial score (nSPS) is 11.1. The van der Waals surface area contributed by atoms with Gasteiger partial charge in [-0.2, -0.15) is 0 Å². The van der Waals surface area contributed by atoms with Crippen LogP contribution in [-0.4, -0.2) is 0 Å². The summed E-state index contributed by atoms with van der Waals surface area (Å²) < 4.78 is 0. The Balaban J connectivity index is 1.25. The fourth-order valence-corrected chi connectivity index (χ4v) is 7.17. The predicted molar refractivity (Wildman–Crippen MR) is 217 cm³/mol. The van der Waals surface area contributed by atoms with Gasteiger partial charge in [-0.1, -0.05) is 193 Å². The number of hydrogen-bond acceptors (Lipinski definition) is 0. The molecule has 0 amide bonds. The molecule has 0 nitrogen and oxygen atoms in total. The van der Waals surface area contributed by atoms with Crippen molar-refractivity contribution in [1.29, 1.82) is 0 Å². The highest BCUT2D eigenvalue weighted by Gasteiger charge is 2.10. The second-order valence-electron chi connectivity index (χ2n) is 12.0. The van der Waals surface area contributed by atoms with E-state index in [1.54, 1.807) is 0 Å². The van der Waals surface area contributed by atoms with Gasteiger partial charge in [0, 0.05) is 16.0 Å². The van der Waals surface area contributed by atoms with Gasteiger partial charge >= 0.3 is 0 Å². The Labute approximate surface area is 308 Å². The predicted octanol–water partition coefficient (Wildman–Crippen LogP) is 14.4. The Kier molecular flexibility index (Phi) is 10.2. The van der Waals surface area contributed by atoms with Gasteiger partial charge in [-0.05, 0) is 102 Å². The maximum Gasteiger partial charge on any atom is 0.0283 e. The summed E-state index contributed by atoms with van der Waals surface area (Å²) in [6.45, 7) is 0. The molecule has 0 heterocycles. The van der Waals surface area contributed by atoms with Gasteiger partial charge in [-0.15, -0.1) is 0 Å². The average Bonchev–Trinajstić information content (AvgIpc) is 3.18. The van der Waals surface area contributed by atoms with Crippen LogP contribution in [0.3, 0.4) is 0 Å². The molecule has 48 heavy (non-hydrogen) atoms. The number of hydrogen-bond donors (Lipinski definition) is 0. The van der Waals surface area contributed by atoms with Crippen molar-refractivity contribution in [2.24, 2.45) is 0 Å². The van der Waals surface area contributed by atoms with Crippen LogP contribution in [0.15, 0.2) is 164 Å². The Morgan fingerprint density at radius 1 is 0.208 bits per heavy atom. The smallest absolute Gasteiger partial charge is 0.0283 e. The van der Waals surface area contributed by atoms with E-state index >= 15 is 0 Å². The Morgan fingerprint density at radius 2 is 0.354 bits per heavy atom. The molecule has 3 heteroatoms. The van der Waals surface area contributed by atoms with Gasteiger partial charge in [-0.3, -0.25) is 0 Å². The number of benzene rings is 7. The quantitative estimate of drug-likeness (QED) is 0.127. The van der Waals surface area contributed by atoms with E-state index in [2.05, 4.69) is 212 Å². The van der Waals surface area contributed by atoms with Crippen molar-refractivity contribution in [1.82, 2.24) is 0 Å². The molecule has 0 aliphatic carbocycles. The Morgan fingerprint density at radius 3 is 0.521 bits per heavy atom. The van der Waals surface area contributed by atoms with Crippen molar-refractivity contribution in [3.63, 3.8) is 0 Å². The summed E-state index contributed by atoms with van der Waals surface area (Å²) >= 11 is 10.7. The number of alkyl halides is 3. The summed E-state index contributed by atoms with van der Waals surface area (Å²) in [6.07, 6.45) is 0. The van der Waals surface area contributed by atoms with Crippen LogP contribution in [0, 0.1) is 0 Å². The Bertz CT molecular complexity index is 1850. The lowest BCUT2D eigenvalue weighted by molar-refractivity contribution is 1.43. The van der Waals surface area contributed by atoms with Gasteiger partial charge in [0.2, 0.25) is 0 Å². The molecule has 0 atom stereocenters. The molecular formula is C45H33Br3. The van der Waals surface area contributed by atoms with E-state index < -0.39 is 0 Å². The number of rotatable bonds is 9. The van der Waals surface area contributed by atoms with Crippen LogP contribution in [-0.2, 0) is 16.0 Å². The third-order valence-electron chi connectivity index (χ3n) is 8.91. The van der Waals surface area contributed by atoms with Crippen LogP contribution >= 0.6 is 47.8 Å². The van der Waals surface area contributed by atoms with Crippen LogP contribution < -0.4 is 0 Å². The summed E-state index contributed by atoms with van der Waals surface area (Å²) in [6, 6.07) is 60.1. The maximum absolute atomic E-state index is 3.55. The largest absolute Gasteiger partial charge is 0.0876 e. The molecule has 7 aromatic carbocycles. The molecule has 234 valence electrons. The zero-order valence-electron chi connectivity index (χ0n) is 26.3. The molecule has 0 aliphatic rings. The van der Waals surface area contributed by atoms with Gasteiger partial charge in [0.05, 0.1) is 0 Å². The van der Waals surface area contributed by atoms with Crippen LogP contribution in [0.5, 0.6) is 0 Å². The van der Waals surface area contributed by atoms with E-state index in [1.165, 1.54) is 83.5 Å². The molecule has 0 unspecified atom stereocenters. The van der Waals surface area contributed by atoms with Crippen molar-refractivity contribution in [2.45, 2.75) is 16.0 Å². The van der Waals surface area contributed by atoms with E-state index in [-0.39, 0.29) is 0 Å². The summed E-state index contributed by atoms with van der Waals surface area (Å²) in [5.74, 6) is 0. The molecule has 0 bridgehead atoms. The highest BCUT2D eigenvalue weighted by molar-refractivity contribution is 9.09. The second kappa shape index (κ2) is 15.0. The topological polar surface area (TPSA) is 0 Å². The lowest BCUT2D eigenvalue weighted by Crippen LogP contribution is -1.88. The molecule has 0 N–H and O–H groups in total. The van der Waals surface area contributed by atoms with Gasteiger partial charge < -0.3 is 0 Å². The lowest BCUT2D eigenvalue weighted by atomic mass is 9.91. The van der Waals surface area contributed by atoms with Gasteiger partial charge in [0.25, 0.3) is 0 Å². The highest BCUT2D eigenvalue weighted by Crippen LogP contribution is 2.36. The molecule has 0 spiro atoms. The first-order valence-corrected chi connectivity index (χ1v) is 19.4. The first-order valence-electron chi connectivity index (χ1n) is 16.0. The van der Waals surface area contributed by atoms with E-state index in [1.807, 2.05) is 0 Å². The highest BCUT2D eigenvalue weighted by atomic mass is 79.9. The molecule has 7 aromatic rings. The molecule has 0 aromatic heterocycles. The molecule has 7 rings (SSSR count). The van der Waals surface area contributed by atoms with Crippen LogP contribution in [0.25, 0.3) is 66.8 Å². The fraction of sp³-hybridized carbons (Fsp3) is 0.0667. The fourth-order valence-electron chi connectivity index (χ4n) is 6.05. The molecule has 0 radical (unpaired) electrons. The van der Waals surface area contributed by atoms with E-state index in [4.69, 9.17) is 0 Å². The van der Waals surface area contributed by atoms with Crippen LogP contribution in [0.1, 0.15) is 16.7 Å². The summed E-state index contributed by atoms with van der Waals surface area (Å²) in [4.78, 5) is 0. The monoisotopic (exact) mass is 810 g/mol. The van der Waals surface area contributed by atoms with Crippen LogP contribution in [0.4, 0.5) is 0 Å². The third-order valence-corrected chi connectivity index (χ3v) is 10.9. The SMILES string of the molecule is BrCc1ccc(-c2ccc(-c3cc(-c4ccc(-c5ccc(CBr)cc5)cc4)cc(-c4ccc(-c5ccc(CBr)cc5)cc4)c3)cc2)cc1. The standard InChI is InChI=1S/C45H33Br3/c46-28-31-1-7-34(8-2-31)37-13-19-40(20-14-37)43-25-44(41-21-15-38(16-22-41)35-9-3-32(29-47)4-10-35)27-45(26-43)42-23-17-39(18-24-42)36-11-5-33(30-48)6-12-36/h1-27H,28-30H2. The maximum atomic E-state index is 3.55. The van der Waals surface area contributed by atoms with E-state index in [0.717, 1.165) is 16.0 Å². The van der Waals surface area contributed by atoms with Gasteiger partial charge in [0.15, 0.2) is 0 Å². The van der Waals surface area contributed by atoms with Crippen LogP contribution in [0.2, 0.25) is 0 Å². The first-order chi connectivity index (χ1) is 23.6. The summed E-state index contributed by atoms with van der Waals surface area (Å²) in [5, 5.41) is 2.60. The van der Waals surface area contributed by atoms with Gasteiger partial charge in [0.1, 0.15) is 0 Å². The molecule has 0 saturated carbocycles. The minimum Gasteiger partial charge on any atom is -0.0876 e. The minimum absolute atomic E-state index is 0.866. The molecule has 0 aliphatic heterocycles. The van der Waals surface area contributed by atoms with Gasteiger partial charge in [-0.25, -0.2) is 0 Å². The third kappa shape index (κ3) is 7.34. The zero-order valence-corrected chi connectivity index (χ0v) is 31.1. The molecular weight excluding hydrogens is 780 g/mol. The second-order valence-corrected chi connectivity index (χ2v) is 13.7. The van der Waals surface area contributed by atoms with Crippen molar-refractivity contribution in [2.75, 3.05) is 0 Å². The molecule has 0 fully saturated rings. The Hall–Kier alpha value is -4.02. The van der Waals surface area contributed by atoms with Crippen molar-refractivity contribution in [3.8, 4) is 66.8 Å². The van der Waals surface area contributed by atoms with Crippen molar-refractivity contribution < 1.29 is 0 Å². The summed E-state index contributed by atoms with van der Waals surface area (Å²) in [7, 11) is 0. The average molecular weight is 813 g/mol. The first kappa shape index (κ1) is 32.5.